The van der Waals surface area contributed by atoms with Crippen LogP contribution < -0.4 is 10.6 Å². The van der Waals surface area contributed by atoms with E-state index in [2.05, 4.69) is 15.6 Å². The first-order valence-electron chi connectivity index (χ1n) is 6.72. The molecule has 106 valence electrons. The largest absolute Gasteiger partial charge is 0.391 e. The van der Waals surface area contributed by atoms with Crippen molar-refractivity contribution < 1.29 is 9.90 Å². The molecule has 0 aromatic carbocycles. The first kappa shape index (κ1) is 15.4. The van der Waals surface area contributed by atoms with Crippen LogP contribution in [0.1, 0.15) is 25.8 Å². The minimum Gasteiger partial charge on any atom is -0.391 e. The average Bonchev–Trinajstić information content (AvgIpc) is 2.45. The lowest BCUT2D eigenvalue weighted by molar-refractivity contribution is 0.114. The molecule has 1 aromatic rings. The van der Waals surface area contributed by atoms with E-state index in [9.17, 15) is 9.90 Å². The zero-order valence-corrected chi connectivity index (χ0v) is 11.6. The highest BCUT2D eigenvalue weighted by Gasteiger charge is 2.12. The van der Waals surface area contributed by atoms with Gasteiger partial charge >= 0.3 is 6.03 Å². The Hall–Kier alpha value is -1.62. The maximum Gasteiger partial charge on any atom is 0.314 e. The lowest BCUT2D eigenvalue weighted by atomic mass is 10.0. The van der Waals surface area contributed by atoms with Crippen LogP contribution in [-0.2, 0) is 6.42 Å². The number of nitrogens with zero attached hydrogens (tertiary/aromatic N) is 1. The Morgan fingerprint density at radius 3 is 2.89 bits per heavy atom. The monoisotopic (exact) mass is 265 g/mol. The van der Waals surface area contributed by atoms with Gasteiger partial charge in [-0.05, 0) is 24.0 Å². The number of aliphatic hydroxyl groups is 1. The molecule has 0 fully saturated rings. The van der Waals surface area contributed by atoms with E-state index >= 15 is 0 Å². The molecule has 2 unspecified atom stereocenters. The van der Waals surface area contributed by atoms with E-state index in [4.69, 9.17) is 0 Å². The van der Waals surface area contributed by atoms with E-state index in [-0.39, 0.29) is 18.5 Å². The number of aliphatic hydroxyl groups excluding tert-OH is 1. The third kappa shape index (κ3) is 6.20. The van der Waals surface area contributed by atoms with E-state index in [1.54, 1.807) is 12.4 Å². The van der Waals surface area contributed by atoms with Crippen molar-refractivity contribution in [1.29, 1.82) is 0 Å². The number of carbonyl (C=O) groups is 1. The molecular weight excluding hydrogens is 242 g/mol. The first-order valence-corrected chi connectivity index (χ1v) is 6.72. The van der Waals surface area contributed by atoms with Gasteiger partial charge < -0.3 is 15.7 Å². The van der Waals surface area contributed by atoms with Crippen LogP contribution in [0.2, 0.25) is 0 Å². The van der Waals surface area contributed by atoms with Gasteiger partial charge in [-0.1, -0.05) is 26.3 Å². The molecule has 0 radical (unpaired) electrons. The minimum atomic E-state index is -0.492. The second-order valence-corrected chi connectivity index (χ2v) is 4.70. The Labute approximate surface area is 114 Å². The van der Waals surface area contributed by atoms with Crippen LogP contribution in [0, 0.1) is 5.92 Å². The predicted octanol–water partition coefficient (Wildman–Crippen LogP) is 1.33. The van der Waals surface area contributed by atoms with Gasteiger partial charge in [-0.2, -0.15) is 0 Å². The smallest absolute Gasteiger partial charge is 0.314 e. The Balaban J connectivity index is 2.15. The van der Waals surface area contributed by atoms with Gasteiger partial charge in [0.2, 0.25) is 0 Å². The highest BCUT2D eigenvalue weighted by Crippen LogP contribution is 2.05. The maximum atomic E-state index is 11.5. The molecule has 0 aliphatic carbocycles. The van der Waals surface area contributed by atoms with Crippen molar-refractivity contribution in [2.24, 2.45) is 5.92 Å². The summed E-state index contributed by atoms with van der Waals surface area (Å²) in [7, 11) is 0. The second kappa shape index (κ2) is 8.48. The van der Waals surface area contributed by atoms with Crippen molar-refractivity contribution in [3.05, 3.63) is 30.1 Å². The summed E-state index contributed by atoms with van der Waals surface area (Å²) in [5.74, 6) is 0.190. The summed E-state index contributed by atoms with van der Waals surface area (Å²) < 4.78 is 0. The van der Waals surface area contributed by atoms with E-state index in [0.29, 0.717) is 6.54 Å². The van der Waals surface area contributed by atoms with Gasteiger partial charge in [0.1, 0.15) is 0 Å². The van der Waals surface area contributed by atoms with Crippen molar-refractivity contribution in [2.45, 2.75) is 32.8 Å². The molecule has 0 aliphatic rings. The fourth-order valence-electron chi connectivity index (χ4n) is 1.60. The molecule has 1 rings (SSSR count). The number of amides is 2. The fraction of sp³-hybridized carbons (Fsp3) is 0.571. The standard InChI is InChI=1S/C14H23N3O2/c1-3-11(2)13(18)10-17-14(19)16-8-6-12-5-4-7-15-9-12/h4-5,7,9,11,13,18H,3,6,8,10H2,1-2H3,(H2,16,17,19). The molecule has 0 aliphatic heterocycles. The van der Waals surface area contributed by atoms with Crippen molar-refractivity contribution in [1.82, 2.24) is 15.6 Å². The number of hydrogen-bond acceptors (Lipinski definition) is 3. The molecule has 2 amide bonds. The number of pyridine rings is 1. The number of rotatable bonds is 7. The number of carbonyl (C=O) groups excluding carboxylic acids is 1. The van der Waals surface area contributed by atoms with E-state index < -0.39 is 6.10 Å². The molecule has 3 N–H and O–H groups in total. The van der Waals surface area contributed by atoms with Crippen LogP contribution in [0.5, 0.6) is 0 Å². The topological polar surface area (TPSA) is 74.2 Å². The predicted molar refractivity (Wildman–Crippen MR) is 74.8 cm³/mol. The van der Waals surface area contributed by atoms with Crippen LogP contribution in [0.3, 0.4) is 0 Å². The fourth-order valence-corrected chi connectivity index (χ4v) is 1.60. The van der Waals surface area contributed by atoms with Gasteiger partial charge in [-0.15, -0.1) is 0 Å². The first-order chi connectivity index (χ1) is 9.13. The molecule has 0 bridgehead atoms. The summed E-state index contributed by atoms with van der Waals surface area (Å²) in [5, 5.41) is 15.1. The molecule has 0 spiro atoms. The van der Waals surface area contributed by atoms with Crippen molar-refractivity contribution >= 4 is 6.03 Å². The van der Waals surface area contributed by atoms with Crippen molar-refractivity contribution in [2.75, 3.05) is 13.1 Å². The van der Waals surface area contributed by atoms with E-state index in [1.165, 1.54) is 0 Å². The quantitative estimate of drug-likeness (QED) is 0.696. The van der Waals surface area contributed by atoms with Crippen LogP contribution in [0.4, 0.5) is 4.79 Å². The SMILES string of the molecule is CCC(C)C(O)CNC(=O)NCCc1cccnc1. The molecule has 2 atom stereocenters. The zero-order chi connectivity index (χ0) is 14.1. The number of urea groups is 1. The normalized spacial score (nSPS) is 13.6. The van der Waals surface area contributed by atoms with Gasteiger partial charge in [0, 0.05) is 25.5 Å². The molecule has 0 saturated carbocycles. The molecule has 1 aromatic heterocycles. The van der Waals surface area contributed by atoms with Crippen molar-refractivity contribution in [3.63, 3.8) is 0 Å². The Bertz CT molecular complexity index is 370. The van der Waals surface area contributed by atoms with Gasteiger partial charge in [0.25, 0.3) is 0 Å². The Morgan fingerprint density at radius 2 is 2.26 bits per heavy atom. The number of hydrogen-bond donors (Lipinski definition) is 3. The summed E-state index contributed by atoms with van der Waals surface area (Å²) in [6, 6.07) is 3.60. The average molecular weight is 265 g/mol. The highest BCUT2D eigenvalue weighted by atomic mass is 16.3. The van der Waals surface area contributed by atoms with Gasteiger partial charge in [-0.25, -0.2) is 4.79 Å². The Morgan fingerprint density at radius 1 is 1.47 bits per heavy atom. The summed E-state index contributed by atoms with van der Waals surface area (Å²) in [6.45, 7) is 4.82. The van der Waals surface area contributed by atoms with Gasteiger partial charge in [0.15, 0.2) is 0 Å². The molecule has 5 nitrogen and oxygen atoms in total. The third-order valence-corrected chi connectivity index (χ3v) is 3.19. The van der Waals surface area contributed by atoms with E-state index in [0.717, 1.165) is 18.4 Å². The zero-order valence-electron chi connectivity index (χ0n) is 11.6. The molecular formula is C14H23N3O2. The van der Waals surface area contributed by atoms with Crippen LogP contribution >= 0.6 is 0 Å². The van der Waals surface area contributed by atoms with Crippen LogP contribution in [0.25, 0.3) is 0 Å². The van der Waals surface area contributed by atoms with Gasteiger partial charge in [0.05, 0.1) is 6.10 Å². The Kier molecular flexibility index (Phi) is 6.89. The molecule has 1 heterocycles. The summed E-state index contributed by atoms with van der Waals surface area (Å²) >= 11 is 0. The molecule has 19 heavy (non-hydrogen) atoms. The van der Waals surface area contributed by atoms with Gasteiger partial charge in [-0.3, -0.25) is 4.98 Å². The van der Waals surface area contributed by atoms with Crippen LogP contribution in [-0.4, -0.2) is 35.3 Å². The highest BCUT2D eigenvalue weighted by molar-refractivity contribution is 5.73. The van der Waals surface area contributed by atoms with Crippen molar-refractivity contribution in [3.8, 4) is 0 Å². The minimum absolute atomic E-state index is 0.190. The number of aromatic nitrogens is 1. The lowest BCUT2D eigenvalue weighted by Crippen LogP contribution is -2.42. The number of nitrogens with one attached hydrogen (secondary N) is 2. The summed E-state index contributed by atoms with van der Waals surface area (Å²) in [6.07, 6.45) is 4.65. The summed E-state index contributed by atoms with van der Waals surface area (Å²) in [4.78, 5) is 15.5. The third-order valence-electron chi connectivity index (χ3n) is 3.19. The maximum absolute atomic E-state index is 11.5. The molecule has 5 heteroatoms. The summed E-state index contributed by atoms with van der Waals surface area (Å²) in [5.41, 5.74) is 1.09. The molecule has 0 saturated heterocycles. The van der Waals surface area contributed by atoms with Crippen LogP contribution in [0.15, 0.2) is 24.5 Å². The lowest BCUT2D eigenvalue weighted by Gasteiger charge is -2.17. The second-order valence-electron chi connectivity index (χ2n) is 4.70. The van der Waals surface area contributed by atoms with E-state index in [1.807, 2.05) is 26.0 Å².